The van der Waals surface area contributed by atoms with Gasteiger partial charge in [0.2, 0.25) is 0 Å². The van der Waals surface area contributed by atoms with Crippen LogP contribution in [-0.2, 0) is 11.8 Å². The first-order valence-corrected chi connectivity index (χ1v) is 7.49. The Morgan fingerprint density at radius 3 is 2.38 bits per heavy atom. The van der Waals surface area contributed by atoms with Gasteiger partial charge in [0.05, 0.1) is 5.02 Å². The number of benzene rings is 2. The quantitative estimate of drug-likeness (QED) is 0.852. The molecule has 0 aliphatic rings. The van der Waals surface area contributed by atoms with Crippen LogP contribution in [0.25, 0.3) is 0 Å². The molecule has 112 valence electrons. The van der Waals surface area contributed by atoms with Crippen LogP contribution in [0.15, 0.2) is 48.5 Å². The summed E-state index contributed by atoms with van der Waals surface area (Å²) < 4.78 is 13.3. The molecule has 2 aromatic carbocycles. The zero-order valence-corrected chi connectivity index (χ0v) is 13.4. The number of nitrogens with one attached hydrogen (secondary N) is 1. The first kappa shape index (κ1) is 16.0. The molecule has 1 unspecified atom stereocenters. The molecule has 0 bridgehead atoms. The molecule has 0 amide bonds. The SMILES string of the molecule is CNC(Cc1ccc(F)c(Cl)c1)C(C)(C)c1ccccc1. The van der Waals surface area contributed by atoms with E-state index in [2.05, 4.69) is 43.4 Å². The van der Waals surface area contributed by atoms with Crippen molar-refractivity contribution in [2.75, 3.05) is 7.05 Å². The molecule has 0 spiro atoms. The molecule has 0 fully saturated rings. The fraction of sp³-hybridized carbons (Fsp3) is 0.333. The Labute approximate surface area is 131 Å². The molecule has 2 aromatic rings. The van der Waals surface area contributed by atoms with Crippen molar-refractivity contribution in [1.29, 1.82) is 0 Å². The van der Waals surface area contributed by atoms with Crippen molar-refractivity contribution in [2.45, 2.75) is 31.7 Å². The Kier molecular flexibility index (Phi) is 5.02. The van der Waals surface area contributed by atoms with Crippen LogP contribution in [0.3, 0.4) is 0 Å². The summed E-state index contributed by atoms with van der Waals surface area (Å²) in [6, 6.07) is 15.6. The average Bonchev–Trinajstić information content (AvgIpc) is 2.49. The summed E-state index contributed by atoms with van der Waals surface area (Å²) in [6.45, 7) is 4.43. The minimum atomic E-state index is -0.372. The van der Waals surface area contributed by atoms with Gasteiger partial charge in [0, 0.05) is 11.5 Å². The predicted octanol–water partition coefficient (Wildman–Crippen LogP) is 4.59. The van der Waals surface area contributed by atoms with E-state index in [1.807, 2.05) is 13.1 Å². The first-order chi connectivity index (χ1) is 9.95. The van der Waals surface area contributed by atoms with Gasteiger partial charge >= 0.3 is 0 Å². The maximum atomic E-state index is 13.3. The molecule has 1 N–H and O–H groups in total. The van der Waals surface area contributed by atoms with Gasteiger partial charge in [0.25, 0.3) is 0 Å². The number of hydrogen-bond acceptors (Lipinski definition) is 1. The minimum absolute atomic E-state index is 0.0448. The van der Waals surface area contributed by atoms with Crippen molar-refractivity contribution in [2.24, 2.45) is 0 Å². The molecule has 0 saturated heterocycles. The molecule has 2 rings (SSSR count). The van der Waals surface area contributed by atoms with Gasteiger partial charge in [-0.3, -0.25) is 0 Å². The monoisotopic (exact) mass is 305 g/mol. The van der Waals surface area contributed by atoms with Crippen molar-refractivity contribution >= 4 is 11.6 Å². The second-order valence-electron chi connectivity index (χ2n) is 5.88. The Bertz CT molecular complexity index is 595. The predicted molar refractivity (Wildman–Crippen MR) is 87.4 cm³/mol. The highest BCUT2D eigenvalue weighted by atomic mass is 35.5. The van der Waals surface area contributed by atoms with Gasteiger partial charge in [-0.25, -0.2) is 4.39 Å². The molecule has 1 atom stereocenters. The topological polar surface area (TPSA) is 12.0 Å². The lowest BCUT2D eigenvalue weighted by molar-refractivity contribution is 0.356. The standard InChI is InChI=1S/C18H21ClFN/c1-18(2,14-7-5-4-6-8-14)17(21-3)12-13-9-10-16(20)15(19)11-13/h4-11,17,21H,12H2,1-3H3. The molecule has 3 heteroatoms. The van der Waals surface area contributed by atoms with Crippen LogP contribution < -0.4 is 5.32 Å². The Balaban J connectivity index is 2.25. The number of rotatable bonds is 5. The Hall–Kier alpha value is -1.38. The summed E-state index contributed by atoms with van der Waals surface area (Å²) >= 11 is 5.88. The number of halogens is 2. The summed E-state index contributed by atoms with van der Waals surface area (Å²) in [4.78, 5) is 0. The zero-order valence-electron chi connectivity index (χ0n) is 12.7. The van der Waals surface area contributed by atoms with E-state index in [0.29, 0.717) is 0 Å². The van der Waals surface area contributed by atoms with E-state index >= 15 is 0 Å². The van der Waals surface area contributed by atoms with Gasteiger partial charge in [-0.2, -0.15) is 0 Å². The normalized spacial score (nSPS) is 13.2. The average molecular weight is 306 g/mol. The first-order valence-electron chi connectivity index (χ1n) is 7.12. The van der Waals surface area contributed by atoms with E-state index in [1.165, 1.54) is 11.6 Å². The maximum absolute atomic E-state index is 13.3. The highest BCUT2D eigenvalue weighted by Crippen LogP contribution is 2.29. The van der Waals surface area contributed by atoms with Crippen LogP contribution in [0.5, 0.6) is 0 Å². The van der Waals surface area contributed by atoms with Crippen LogP contribution in [0.1, 0.15) is 25.0 Å². The van der Waals surface area contributed by atoms with Crippen molar-refractivity contribution < 1.29 is 4.39 Å². The summed E-state index contributed by atoms with van der Waals surface area (Å²) in [7, 11) is 1.96. The summed E-state index contributed by atoms with van der Waals surface area (Å²) in [5, 5.41) is 3.57. The molecular weight excluding hydrogens is 285 g/mol. The number of hydrogen-bond donors (Lipinski definition) is 1. The minimum Gasteiger partial charge on any atom is -0.316 e. The van der Waals surface area contributed by atoms with Crippen LogP contribution in [-0.4, -0.2) is 13.1 Å². The molecule has 0 aliphatic carbocycles. The fourth-order valence-electron chi connectivity index (χ4n) is 2.69. The molecule has 0 radical (unpaired) electrons. The van der Waals surface area contributed by atoms with Gasteiger partial charge in [0.1, 0.15) is 5.82 Å². The molecule has 0 aromatic heterocycles. The van der Waals surface area contributed by atoms with Gasteiger partial charge < -0.3 is 5.32 Å². The summed E-state index contributed by atoms with van der Waals surface area (Å²) in [6.07, 6.45) is 0.790. The lowest BCUT2D eigenvalue weighted by Crippen LogP contribution is -2.44. The van der Waals surface area contributed by atoms with Crippen LogP contribution >= 0.6 is 11.6 Å². The van der Waals surface area contributed by atoms with E-state index in [4.69, 9.17) is 11.6 Å². The smallest absolute Gasteiger partial charge is 0.141 e. The van der Waals surface area contributed by atoms with E-state index in [0.717, 1.165) is 12.0 Å². The molecule has 1 nitrogen and oxygen atoms in total. The summed E-state index contributed by atoms with van der Waals surface area (Å²) in [5.41, 5.74) is 2.26. The van der Waals surface area contributed by atoms with Crippen LogP contribution in [0.2, 0.25) is 5.02 Å². The van der Waals surface area contributed by atoms with E-state index in [9.17, 15) is 4.39 Å². The summed E-state index contributed by atoms with van der Waals surface area (Å²) in [5.74, 6) is -0.372. The van der Waals surface area contributed by atoms with Gasteiger partial charge in [-0.05, 0) is 36.7 Å². The third kappa shape index (κ3) is 3.63. The lowest BCUT2D eigenvalue weighted by atomic mass is 9.75. The Morgan fingerprint density at radius 2 is 1.81 bits per heavy atom. The van der Waals surface area contributed by atoms with Crippen LogP contribution in [0.4, 0.5) is 4.39 Å². The van der Waals surface area contributed by atoms with Gasteiger partial charge in [0.15, 0.2) is 0 Å². The molecule has 0 aliphatic heterocycles. The fourth-order valence-corrected chi connectivity index (χ4v) is 2.89. The molecule has 0 saturated carbocycles. The highest BCUT2D eigenvalue weighted by Gasteiger charge is 2.30. The number of likely N-dealkylation sites (N-methyl/N-ethyl adjacent to an activating group) is 1. The molecule has 21 heavy (non-hydrogen) atoms. The third-order valence-electron chi connectivity index (χ3n) is 4.16. The van der Waals surface area contributed by atoms with Crippen molar-refractivity contribution in [1.82, 2.24) is 5.32 Å². The van der Waals surface area contributed by atoms with Crippen LogP contribution in [0, 0.1) is 5.82 Å². The second-order valence-corrected chi connectivity index (χ2v) is 6.29. The van der Waals surface area contributed by atoms with E-state index < -0.39 is 0 Å². The molecule has 0 heterocycles. The third-order valence-corrected chi connectivity index (χ3v) is 4.45. The van der Waals surface area contributed by atoms with E-state index in [-0.39, 0.29) is 22.3 Å². The largest absolute Gasteiger partial charge is 0.316 e. The lowest BCUT2D eigenvalue weighted by Gasteiger charge is -2.35. The second kappa shape index (κ2) is 6.59. The van der Waals surface area contributed by atoms with Gasteiger partial charge in [-0.1, -0.05) is 61.8 Å². The van der Waals surface area contributed by atoms with E-state index in [1.54, 1.807) is 12.1 Å². The van der Waals surface area contributed by atoms with Crippen molar-refractivity contribution in [3.05, 3.63) is 70.5 Å². The van der Waals surface area contributed by atoms with Crippen molar-refractivity contribution in [3.63, 3.8) is 0 Å². The van der Waals surface area contributed by atoms with Crippen molar-refractivity contribution in [3.8, 4) is 0 Å². The van der Waals surface area contributed by atoms with Gasteiger partial charge in [-0.15, -0.1) is 0 Å². The highest BCUT2D eigenvalue weighted by molar-refractivity contribution is 6.30. The Morgan fingerprint density at radius 1 is 1.14 bits per heavy atom. The maximum Gasteiger partial charge on any atom is 0.141 e. The molecular formula is C18H21ClFN. The zero-order chi connectivity index (χ0) is 15.5.